The zero-order chi connectivity index (χ0) is 11.2. The van der Waals surface area contributed by atoms with Crippen molar-refractivity contribution in [2.45, 2.75) is 12.8 Å². The van der Waals surface area contributed by atoms with Crippen LogP contribution in [0.2, 0.25) is 0 Å². The van der Waals surface area contributed by atoms with Gasteiger partial charge in [-0.1, -0.05) is 0 Å². The standard InChI is InChI=1S/C11H15N3O2/c15-11(9-14-5-1-2-6-14)13-12-8-10-4-3-7-16-10/h3-4,7-8H,1-2,5-6,9H2,(H,13,15)/b12-8+. The van der Waals surface area contributed by atoms with Crippen LogP contribution in [0.1, 0.15) is 18.6 Å². The number of rotatable bonds is 4. The van der Waals surface area contributed by atoms with Crippen LogP contribution < -0.4 is 5.43 Å². The molecular formula is C11H15N3O2. The number of nitrogens with one attached hydrogen (secondary N) is 1. The summed E-state index contributed by atoms with van der Waals surface area (Å²) < 4.78 is 5.04. The Labute approximate surface area is 94.1 Å². The lowest BCUT2D eigenvalue weighted by Gasteiger charge is -2.11. The minimum absolute atomic E-state index is 0.0790. The molecule has 1 fully saturated rings. The van der Waals surface area contributed by atoms with Crippen molar-refractivity contribution in [3.8, 4) is 0 Å². The summed E-state index contributed by atoms with van der Waals surface area (Å²) in [4.78, 5) is 13.6. The summed E-state index contributed by atoms with van der Waals surface area (Å²) in [5, 5.41) is 3.81. The molecule has 0 spiro atoms. The summed E-state index contributed by atoms with van der Waals surface area (Å²) in [6.45, 7) is 2.44. The van der Waals surface area contributed by atoms with Crippen LogP contribution in [-0.4, -0.2) is 36.7 Å². The number of furan rings is 1. The molecule has 5 nitrogen and oxygen atoms in total. The van der Waals surface area contributed by atoms with E-state index in [0.29, 0.717) is 12.3 Å². The topological polar surface area (TPSA) is 57.8 Å². The molecule has 1 aromatic rings. The van der Waals surface area contributed by atoms with Crippen molar-refractivity contribution in [2.24, 2.45) is 5.10 Å². The van der Waals surface area contributed by atoms with Crippen LogP contribution in [0.4, 0.5) is 0 Å². The molecule has 0 aliphatic carbocycles. The first-order valence-corrected chi connectivity index (χ1v) is 5.42. The van der Waals surface area contributed by atoms with Crippen molar-refractivity contribution in [2.75, 3.05) is 19.6 Å². The Morgan fingerprint density at radius 3 is 3.06 bits per heavy atom. The SMILES string of the molecule is O=C(CN1CCCC1)N/N=C/c1ccco1. The van der Waals surface area contributed by atoms with E-state index in [2.05, 4.69) is 15.4 Å². The molecule has 0 bridgehead atoms. The molecule has 2 heterocycles. The van der Waals surface area contributed by atoms with Crippen LogP contribution >= 0.6 is 0 Å². The normalized spacial score (nSPS) is 17.0. The summed E-state index contributed by atoms with van der Waals surface area (Å²) in [6.07, 6.45) is 5.42. The second-order valence-corrected chi connectivity index (χ2v) is 3.79. The van der Waals surface area contributed by atoms with Crippen molar-refractivity contribution in [1.29, 1.82) is 0 Å². The minimum atomic E-state index is -0.0790. The van der Waals surface area contributed by atoms with Gasteiger partial charge in [-0.25, -0.2) is 5.43 Å². The molecule has 1 saturated heterocycles. The molecule has 0 unspecified atom stereocenters. The molecule has 0 saturated carbocycles. The van der Waals surface area contributed by atoms with Gasteiger partial charge in [0.2, 0.25) is 0 Å². The highest BCUT2D eigenvalue weighted by Gasteiger charge is 2.14. The third kappa shape index (κ3) is 3.20. The van der Waals surface area contributed by atoms with E-state index in [4.69, 9.17) is 4.42 Å². The van der Waals surface area contributed by atoms with Gasteiger partial charge in [0.25, 0.3) is 5.91 Å². The van der Waals surface area contributed by atoms with E-state index in [9.17, 15) is 4.79 Å². The van der Waals surface area contributed by atoms with Gasteiger partial charge in [-0.15, -0.1) is 0 Å². The number of hydrogen-bond donors (Lipinski definition) is 1. The average Bonchev–Trinajstić information content (AvgIpc) is 2.90. The van der Waals surface area contributed by atoms with E-state index in [-0.39, 0.29) is 5.91 Å². The lowest BCUT2D eigenvalue weighted by atomic mass is 10.4. The number of hydrazone groups is 1. The number of amides is 1. The maximum Gasteiger partial charge on any atom is 0.254 e. The maximum atomic E-state index is 11.4. The van der Waals surface area contributed by atoms with Crippen LogP contribution in [-0.2, 0) is 4.79 Å². The second-order valence-electron chi connectivity index (χ2n) is 3.79. The van der Waals surface area contributed by atoms with Gasteiger partial charge in [-0.2, -0.15) is 5.10 Å². The zero-order valence-corrected chi connectivity index (χ0v) is 9.06. The van der Waals surface area contributed by atoms with Crippen LogP contribution in [0.5, 0.6) is 0 Å². The first-order valence-electron chi connectivity index (χ1n) is 5.42. The van der Waals surface area contributed by atoms with Gasteiger partial charge in [-0.3, -0.25) is 9.69 Å². The highest BCUT2D eigenvalue weighted by Crippen LogP contribution is 2.05. The van der Waals surface area contributed by atoms with Crippen LogP contribution in [0.15, 0.2) is 27.9 Å². The van der Waals surface area contributed by atoms with E-state index in [0.717, 1.165) is 13.1 Å². The number of carbonyl (C=O) groups is 1. The summed E-state index contributed by atoms with van der Waals surface area (Å²) in [5.41, 5.74) is 2.48. The quantitative estimate of drug-likeness (QED) is 0.605. The van der Waals surface area contributed by atoms with Gasteiger partial charge in [0, 0.05) is 0 Å². The Hall–Kier alpha value is -1.62. The molecule has 1 N–H and O–H groups in total. The molecule has 1 aromatic heterocycles. The Bertz CT molecular complexity index is 353. The molecule has 1 aliphatic rings. The van der Waals surface area contributed by atoms with Gasteiger partial charge in [0.05, 0.1) is 19.0 Å². The number of hydrogen-bond acceptors (Lipinski definition) is 4. The molecule has 2 rings (SSSR count). The molecule has 1 aliphatic heterocycles. The van der Waals surface area contributed by atoms with Gasteiger partial charge >= 0.3 is 0 Å². The Morgan fingerprint density at radius 2 is 2.38 bits per heavy atom. The fourth-order valence-electron chi connectivity index (χ4n) is 1.71. The first-order chi connectivity index (χ1) is 7.84. The molecule has 0 radical (unpaired) electrons. The Kier molecular flexibility index (Phi) is 3.71. The zero-order valence-electron chi connectivity index (χ0n) is 9.06. The average molecular weight is 221 g/mol. The van der Waals surface area contributed by atoms with Crippen molar-refractivity contribution < 1.29 is 9.21 Å². The lowest BCUT2D eigenvalue weighted by molar-refractivity contribution is -0.121. The Morgan fingerprint density at radius 1 is 1.56 bits per heavy atom. The number of nitrogens with zero attached hydrogens (tertiary/aromatic N) is 2. The van der Waals surface area contributed by atoms with E-state index in [1.54, 1.807) is 18.4 Å². The van der Waals surface area contributed by atoms with Crippen molar-refractivity contribution in [1.82, 2.24) is 10.3 Å². The molecule has 5 heteroatoms. The third-order valence-electron chi connectivity index (χ3n) is 2.49. The highest BCUT2D eigenvalue weighted by molar-refractivity contribution is 5.81. The van der Waals surface area contributed by atoms with Gasteiger partial charge < -0.3 is 4.42 Å². The first kappa shape index (κ1) is 10.9. The molecule has 0 aromatic carbocycles. The predicted octanol–water partition coefficient (Wildman–Crippen LogP) is 0.825. The lowest BCUT2D eigenvalue weighted by Crippen LogP contribution is -2.33. The van der Waals surface area contributed by atoms with Crippen molar-refractivity contribution in [3.05, 3.63) is 24.2 Å². The molecule has 1 amide bonds. The van der Waals surface area contributed by atoms with Crippen LogP contribution in [0.25, 0.3) is 0 Å². The van der Waals surface area contributed by atoms with Crippen LogP contribution in [0.3, 0.4) is 0 Å². The number of likely N-dealkylation sites (tertiary alicyclic amines) is 1. The molecule has 16 heavy (non-hydrogen) atoms. The van der Waals surface area contributed by atoms with E-state index in [1.165, 1.54) is 19.1 Å². The fraction of sp³-hybridized carbons (Fsp3) is 0.455. The van der Waals surface area contributed by atoms with Gasteiger partial charge in [-0.05, 0) is 38.1 Å². The van der Waals surface area contributed by atoms with Gasteiger partial charge in [0.15, 0.2) is 0 Å². The van der Waals surface area contributed by atoms with Crippen molar-refractivity contribution >= 4 is 12.1 Å². The monoisotopic (exact) mass is 221 g/mol. The molecular weight excluding hydrogens is 206 g/mol. The fourth-order valence-corrected chi connectivity index (χ4v) is 1.71. The smallest absolute Gasteiger partial charge is 0.254 e. The minimum Gasteiger partial charge on any atom is -0.463 e. The van der Waals surface area contributed by atoms with Crippen LogP contribution in [0, 0.1) is 0 Å². The Balaban J connectivity index is 1.71. The molecule has 0 atom stereocenters. The number of carbonyl (C=O) groups excluding carboxylic acids is 1. The largest absolute Gasteiger partial charge is 0.463 e. The maximum absolute atomic E-state index is 11.4. The summed E-state index contributed by atoms with van der Waals surface area (Å²) in [5.74, 6) is 0.547. The predicted molar refractivity (Wildman–Crippen MR) is 60.1 cm³/mol. The second kappa shape index (κ2) is 5.46. The highest BCUT2D eigenvalue weighted by atomic mass is 16.3. The molecule has 86 valence electrons. The summed E-state index contributed by atoms with van der Waals surface area (Å²) >= 11 is 0. The van der Waals surface area contributed by atoms with Gasteiger partial charge in [0.1, 0.15) is 5.76 Å². The summed E-state index contributed by atoms with van der Waals surface area (Å²) in [6, 6.07) is 3.55. The van der Waals surface area contributed by atoms with E-state index >= 15 is 0 Å². The summed E-state index contributed by atoms with van der Waals surface area (Å²) in [7, 11) is 0. The van der Waals surface area contributed by atoms with Crippen molar-refractivity contribution in [3.63, 3.8) is 0 Å². The third-order valence-corrected chi connectivity index (χ3v) is 2.49. The van der Waals surface area contributed by atoms with E-state index < -0.39 is 0 Å². The van der Waals surface area contributed by atoms with E-state index in [1.807, 2.05) is 0 Å².